The van der Waals surface area contributed by atoms with Crippen LogP contribution < -0.4 is 0 Å². The minimum absolute atomic E-state index is 0.206. The summed E-state index contributed by atoms with van der Waals surface area (Å²) in [6.07, 6.45) is 16.3. The fourth-order valence-electron chi connectivity index (χ4n) is 3.07. The van der Waals surface area contributed by atoms with Gasteiger partial charge in [-0.05, 0) is 94.5 Å². The number of ether oxygens (including phenoxy) is 1. The van der Waals surface area contributed by atoms with E-state index < -0.39 is 8.32 Å². The summed E-state index contributed by atoms with van der Waals surface area (Å²) >= 11 is 2.30. The molecule has 0 aliphatic heterocycles. The summed E-state index contributed by atoms with van der Waals surface area (Å²) in [7, 11) is -1.83. The van der Waals surface area contributed by atoms with Crippen molar-refractivity contribution in [3.8, 4) is 0 Å². The number of hydrogen-bond acceptors (Lipinski definition) is 3. The molecule has 0 rings (SSSR count). The van der Waals surface area contributed by atoms with Gasteiger partial charge in [0.25, 0.3) is 0 Å². The molecule has 0 bridgehead atoms. The monoisotopic (exact) mass is 574 g/mol. The summed E-state index contributed by atoms with van der Waals surface area (Å²) in [5.41, 5.74) is 2.59. The Morgan fingerprint density at radius 2 is 1.53 bits per heavy atom. The molecule has 0 aromatic carbocycles. The Bertz CT molecular complexity index is 684. The van der Waals surface area contributed by atoms with Gasteiger partial charge in [-0.1, -0.05) is 72.7 Å². The van der Waals surface area contributed by atoms with Crippen molar-refractivity contribution < 1.29 is 14.0 Å². The fraction of sp³-hybridized carbons (Fsp3) is 0.667. The Morgan fingerprint density at radius 3 is 2.06 bits per heavy atom. The topological polar surface area (TPSA) is 35.5 Å². The number of esters is 1. The molecule has 32 heavy (non-hydrogen) atoms. The standard InChI is InChI=1S/C27H47IO3Si/c1-10-30-25(29)19-12-11-15-23(2)16-13-17-24(3)18-14-20-27(7,21-22-28)31-32(8,9)26(4,5)6/h12,16,18-19,21-22H,10-11,13-15,17,20H2,1-9H3/b19-12+,22-21+,23-16+,24-18+. The van der Waals surface area contributed by atoms with Gasteiger partial charge >= 0.3 is 5.97 Å². The Labute approximate surface area is 213 Å². The third kappa shape index (κ3) is 13.8. The van der Waals surface area contributed by atoms with Crippen molar-refractivity contribution in [2.45, 2.75) is 111 Å². The van der Waals surface area contributed by atoms with Gasteiger partial charge in [0.05, 0.1) is 12.2 Å². The van der Waals surface area contributed by atoms with Crippen molar-refractivity contribution in [1.82, 2.24) is 0 Å². The normalized spacial score (nSPS) is 16.1. The first-order valence-corrected chi connectivity index (χ1v) is 16.0. The molecule has 0 aliphatic carbocycles. The molecular weight excluding hydrogens is 527 g/mol. The highest BCUT2D eigenvalue weighted by atomic mass is 127. The van der Waals surface area contributed by atoms with Crippen molar-refractivity contribution in [3.05, 3.63) is 45.6 Å². The van der Waals surface area contributed by atoms with Gasteiger partial charge in [0.1, 0.15) is 0 Å². The van der Waals surface area contributed by atoms with Crippen LogP contribution in [0.15, 0.2) is 45.6 Å². The van der Waals surface area contributed by atoms with Gasteiger partial charge in [-0.2, -0.15) is 0 Å². The van der Waals surface area contributed by atoms with Crippen LogP contribution in [0.5, 0.6) is 0 Å². The van der Waals surface area contributed by atoms with Gasteiger partial charge in [-0.25, -0.2) is 4.79 Å². The molecule has 0 saturated heterocycles. The lowest BCUT2D eigenvalue weighted by Gasteiger charge is -2.43. The number of carbonyl (C=O) groups is 1. The Morgan fingerprint density at radius 1 is 0.969 bits per heavy atom. The molecule has 0 N–H and O–H groups in total. The zero-order chi connectivity index (χ0) is 24.8. The van der Waals surface area contributed by atoms with E-state index in [9.17, 15) is 4.79 Å². The van der Waals surface area contributed by atoms with Crippen molar-refractivity contribution in [1.29, 1.82) is 0 Å². The average molecular weight is 575 g/mol. The molecule has 1 unspecified atom stereocenters. The van der Waals surface area contributed by atoms with Crippen LogP contribution in [-0.4, -0.2) is 26.5 Å². The van der Waals surface area contributed by atoms with Crippen LogP contribution >= 0.6 is 22.6 Å². The molecule has 0 amide bonds. The van der Waals surface area contributed by atoms with Gasteiger partial charge in [0.15, 0.2) is 8.32 Å². The zero-order valence-corrected chi connectivity index (χ0v) is 25.2. The van der Waals surface area contributed by atoms with Gasteiger partial charge in [0.2, 0.25) is 0 Å². The van der Waals surface area contributed by atoms with Crippen LogP contribution in [0.1, 0.15) is 87.0 Å². The minimum Gasteiger partial charge on any atom is -0.463 e. The van der Waals surface area contributed by atoms with E-state index in [1.165, 1.54) is 17.2 Å². The molecule has 0 saturated carbocycles. The Balaban J connectivity index is 4.59. The summed E-state index contributed by atoms with van der Waals surface area (Å²) in [5, 5.41) is 0.206. The number of hydrogen-bond donors (Lipinski definition) is 0. The molecular formula is C27H47IO3Si. The van der Waals surface area contributed by atoms with E-state index in [1.54, 1.807) is 0 Å². The average Bonchev–Trinajstić information content (AvgIpc) is 2.64. The first-order valence-electron chi connectivity index (χ1n) is 11.9. The first kappa shape index (κ1) is 31.3. The smallest absolute Gasteiger partial charge is 0.330 e. The van der Waals surface area contributed by atoms with Crippen LogP contribution in [0.4, 0.5) is 0 Å². The quantitative estimate of drug-likeness (QED) is 0.0683. The van der Waals surface area contributed by atoms with Crippen LogP contribution in [-0.2, 0) is 14.0 Å². The molecule has 184 valence electrons. The molecule has 0 heterocycles. The second-order valence-corrected chi connectivity index (χ2v) is 15.8. The number of allylic oxidation sites excluding steroid dienone is 5. The van der Waals surface area contributed by atoms with Gasteiger partial charge in [-0.15, -0.1) is 0 Å². The van der Waals surface area contributed by atoms with Gasteiger partial charge in [0, 0.05) is 6.08 Å². The maximum absolute atomic E-state index is 11.3. The van der Waals surface area contributed by atoms with E-state index in [1.807, 2.05) is 13.0 Å². The molecule has 0 aliphatic rings. The Hall–Kier alpha value is -0.663. The van der Waals surface area contributed by atoms with Crippen molar-refractivity contribution in [3.63, 3.8) is 0 Å². The summed E-state index contributed by atoms with van der Waals surface area (Å²) in [5.74, 6) is -0.255. The van der Waals surface area contributed by atoms with E-state index in [0.717, 1.165) is 38.5 Å². The van der Waals surface area contributed by atoms with Crippen LogP contribution in [0.2, 0.25) is 18.1 Å². The van der Waals surface area contributed by atoms with E-state index in [4.69, 9.17) is 9.16 Å². The molecule has 0 radical (unpaired) electrons. The molecule has 3 nitrogen and oxygen atoms in total. The lowest BCUT2D eigenvalue weighted by atomic mass is 9.99. The molecule has 0 aromatic rings. The van der Waals surface area contributed by atoms with Gasteiger partial charge in [-0.3, -0.25) is 0 Å². The zero-order valence-electron chi connectivity index (χ0n) is 22.0. The molecule has 0 aromatic heterocycles. The maximum atomic E-state index is 11.3. The van der Waals surface area contributed by atoms with Crippen molar-refractivity contribution >= 4 is 36.9 Å². The lowest BCUT2D eigenvalue weighted by Crippen LogP contribution is -2.47. The van der Waals surface area contributed by atoms with Gasteiger partial charge < -0.3 is 9.16 Å². The highest BCUT2D eigenvalue weighted by Gasteiger charge is 2.41. The predicted octanol–water partition coefficient (Wildman–Crippen LogP) is 9.07. The molecule has 0 spiro atoms. The number of rotatable bonds is 14. The third-order valence-corrected chi connectivity index (χ3v) is 11.1. The second kappa shape index (κ2) is 15.3. The lowest BCUT2D eigenvalue weighted by molar-refractivity contribution is -0.137. The maximum Gasteiger partial charge on any atom is 0.330 e. The highest BCUT2D eigenvalue weighted by Crippen LogP contribution is 2.40. The summed E-state index contributed by atoms with van der Waals surface area (Å²) in [4.78, 5) is 11.3. The molecule has 1 atom stereocenters. The van der Waals surface area contributed by atoms with E-state index >= 15 is 0 Å². The summed E-state index contributed by atoms with van der Waals surface area (Å²) < 4.78 is 13.8. The van der Waals surface area contributed by atoms with Crippen LogP contribution in [0, 0.1) is 0 Å². The highest BCUT2D eigenvalue weighted by molar-refractivity contribution is 14.1. The van der Waals surface area contributed by atoms with E-state index in [-0.39, 0.29) is 16.6 Å². The van der Waals surface area contributed by atoms with Crippen molar-refractivity contribution in [2.75, 3.05) is 6.61 Å². The largest absolute Gasteiger partial charge is 0.463 e. The van der Waals surface area contributed by atoms with E-state index in [0.29, 0.717) is 6.61 Å². The summed E-state index contributed by atoms with van der Waals surface area (Å²) in [6, 6.07) is 0. The summed E-state index contributed by atoms with van der Waals surface area (Å²) in [6.45, 7) is 20.4. The number of halogens is 1. The predicted molar refractivity (Wildman–Crippen MR) is 151 cm³/mol. The van der Waals surface area contributed by atoms with Crippen LogP contribution in [0.25, 0.3) is 0 Å². The van der Waals surface area contributed by atoms with Crippen LogP contribution in [0.3, 0.4) is 0 Å². The fourth-order valence-corrected chi connectivity index (χ4v) is 5.48. The Kier molecular flexibility index (Phi) is 15.0. The third-order valence-electron chi connectivity index (χ3n) is 6.12. The first-order chi connectivity index (χ1) is 14.8. The molecule has 5 heteroatoms. The second-order valence-electron chi connectivity index (χ2n) is 10.3. The number of carbonyl (C=O) groups excluding carboxylic acids is 1. The SMILES string of the molecule is CCOC(=O)/C=C/CC/C(C)=C/CC/C(C)=C/CCC(C)(/C=C/I)O[Si](C)(C)C(C)(C)C. The minimum atomic E-state index is -1.83. The van der Waals surface area contributed by atoms with E-state index in [2.05, 4.69) is 99.5 Å². The molecule has 0 fully saturated rings. The van der Waals surface area contributed by atoms with Crippen molar-refractivity contribution in [2.24, 2.45) is 0 Å².